The van der Waals surface area contributed by atoms with Gasteiger partial charge < -0.3 is 9.47 Å². The molecule has 1 rings (SSSR count). The van der Waals surface area contributed by atoms with Crippen LogP contribution in [0.25, 0.3) is 0 Å². The maximum atomic E-state index is 5.26. The van der Waals surface area contributed by atoms with E-state index in [1.165, 1.54) is 6.42 Å². The molecule has 1 fully saturated rings. The summed E-state index contributed by atoms with van der Waals surface area (Å²) in [6.07, 6.45) is 8.30. The van der Waals surface area contributed by atoms with E-state index in [0.29, 0.717) is 6.61 Å². The Balaban J connectivity index is 2.09. The first kappa shape index (κ1) is 7.59. The van der Waals surface area contributed by atoms with Gasteiger partial charge in [-0.15, -0.1) is 6.42 Å². The fourth-order valence-corrected chi connectivity index (χ4v) is 0.984. The molecule has 1 heterocycles. The lowest BCUT2D eigenvalue weighted by Crippen LogP contribution is -2.22. The van der Waals surface area contributed by atoms with Gasteiger partial charge in [-0.3, -0.25) is 0 Å². The van der Waals surface area contributed by atoms with Crippen molar-refractivity contribution in [3.63, 3.8) is 0 Å². The molecule has 2 heteroatoms. The van der Waals surface area contributed by atoms with Gasteiger partial charge >= 0.3 is 0 Å². The quantitative estimate of drug-likeness (QED) is 0.426. The standard InChI is InChI=1S/C8H12O2/c1-2-6-9-8-5-3-4-7-10-8/h1,8H,3-7H2/i3+1,5+1,8+1. The van der Waals surface area contributed by atoms with Crippen molar-refractivity contribution in [3.8, 4) is 12.3 Å². The summed E-state index contributed by atoms with van der Waals surface area (Å²) in [5.74, 6) is 2.41. The minimum Gasteiger partial charge on any atom is -0.353 e. The van der Waals surface area contributed by atoms with E-state index in [1.807, 2.05) is 0 Å². The highest BCUT2D eigenvalue weighted by Crippen LogP contribution is 2.12. The summed E-state index contributed by atoms with van der Waals surface area (Å²) in [6.45, 7) is 1.18. The van der Waals surface area contributed by atoms with E-state index in [4.69, 9.17) is 15.9 Å². The zero-order chi connectivity index (χ0) is 7.23. The lowest BCUT2D eigenvalue weighted by Gasteiger charge is -2.21. The lowest BCUT2D eigenvalue weighted by molar-refractivity contribution is -0.154. The molecular formula is C8H12O2. The van der Waals surface area contributed by atoms with Crippen molar-refractivity contribution in [2.24, 2.45) is 0 Å². The van der Waals surface area contributed by atoms with Crippen LogP contribution >= 0.6 is 0 Å². The predicted molar refractivity (Wildman–Crippen MR) is 38.4 cm³/mol. The second-order valence-corrected chi connectivity index (χ2v) is 2.31. The van der Waals surface area contributed by atoms with Gasteiger partial charge in [-0.05, 0) is 19.3 Å². The highest BCUT2D eigenvalue weighted by Gasteiger charge is 2.12. The number of hydrogen-bond donors (Lipinski definition) is 0. The fraction of sp³-hybridized carbons (Fsp3) is 0.750. The van der Waals surface area contributed by atoms with Crippen molar-refractivity contribution < 1.29 is 9.47 Å². The molecular weight excluding hydrogens is 131 g/mol. The lowest BCUT2D eigenvalue weighted by atomic mass is 10.6. The van der Waals surface area contributed by atoms with Gasteiger partial charge in [0, 0.05) is 6.61 Å². The fourth-order valence-electron chi connectivity index (χ4n) is 0.984. The first-order valence-corrected chi connectivity index (χ1v) is 3.60. The second-order valence-electron chi connectivity index (χ2n) is 2.31. The van der Waals surface area contributed by atoms with E-state index in [2.05, 4.69) is 5.92 Å². The van der Waals surface area contributed by atoms with Gasteiger partial charge in [0.25, 0.3) is 0 Å². The molecule has 56 valence electrons. The Bertz CT molecular complexity index is 120. The average Bonchev–Trinajstić information content (AvgIpc) is 2.03. The van der Waals surface area contributed by atoms with Gasteiger partial charge in [0.15, 0.2) is 6.29 Å². The van der Waals surface area contributed by atoms with Crippen LogP contribution in [0.15, 0.2) is 0 Å². The highest BCUT2D eigenvalue weighted by molar-refractivity contribution is 4.83. The summed E-state index contributed by atoms with van der Waals surface area (Å²) in [6, 6.07) is 0. The van der Waals surface area contributed by atoms with Crippen molar-refractivity contribution in [1.29, 1.82) is 0 Å². The molecule has 10 heavy (non-hydrogen) atoms. The Kier molecular flexibility index (Phi) is 3.28. The minimum absolute atomic E-state index is 0.0372. The monoisotopic (exact) mass is 143 g/mol. The van der Waals surface area contributed by atoms with Gasteiger partial charge in [0.05, 0.1) is 0 Å². The first-order valence-electron chi connectivity index (χ1n) is 3.60. The van der Waals surface area contributed by atoms with Crippen LogP contribution in [0.4, 0.5) is 0 Å². The minimum atomic E-state index is -0.0372. The molecule has 0 aromatic rings. The Hall–Kier alpha value is -0.520. The maximum Gasteiger partial charge on any atom is 0.158 e. The molecule has 1 aliphatic rings. The van der Waals surface area contributed by atoms with E-state index in [9.17, 15) is 0 Å². The van der Waals surface area contributed by atoms with Crippen LogP contribution in [0.5, 0.6) is 0 Å². The summed E-state index contributed by atoms with van der Waals surface area (Å²) in [4.78, 5) is 0. The van der Waals surface area contributed by atoms with Gasteiger partial charge in [0.1, 0.15) is 6.61 Å². The predicted octanol–water partition coefficient (Wildman–Crippen LogP) is 1.16. The molecule has 0 saturated carbocycles. The van der Waals surface area contributed by atoms with Crippen LogP contribution in [0.2, 0.25) is 0 Å². The second kappa shape index (κ2) is 4.32. The third-order valence-corrected chi connectivity index (χ3v) is 1.49. The summed E-state index contributed by atoms with van der Waals surface area (Å²) in [5, 5.41) is 0. The molecule has 0 aliphatic carbocycles. The van der Waals surface area contributed by atoms with Crippen molar-refractivity contribution in [3.05, 3.63) is 0 Å². The summed E-state index contributed by atoms with van der Waals surface area (Å²) in [5.41, 5.74) is 0. The molecule has 0 aromatic heterocycles. The van der Waals surface area contributed by atoms with Gasteiger partial charge in [0.2, 0.25) is 0 Å². The van der Waals surface area contributed by atoms with Crippen LogP contribution in [0.1, 0.15) is 19.3 Å². The number of ether oxygens (including phenoxy) is 2. The normalized spacial score (nSPS) is 25.7. The average molecular weight is 143 g/mol. The van der Waals surface area contributed by atoms with Crippen molar-refractivity contribution >= 4 is 0 Å². The van der Waals surface area contributed by atoms with Gasteiger partial charge in [-0.2, -0.15) is 0 Å². The summed E-state index contributed by atoms with van der Waals surface area (Å²) in [7, 11) is 0. The molecule has 0 N–H and O–H groups in total. The molecule has 0 bridgehead atoms. The third-order valence-electron chi connectivity index (χ3n) is 1.49. The Labute approximate surface area is 61.5 Å². The largest absolute Gasteiger partial charge is 0.353 e. The van der Waals surface area contributed by atoms with Gasteiger partial charge in [-0.25, -0.2) is 0 Å². The smallest absolute Gasteiger partial charge is 0.158 e. The zero-order valence-corrected chi connectivity index (χ0v) is 6.01. The van der Waals surface area contributed by atoms with E-state index in [1.54, 1.807) is 0 Å². The highest BCUT2D eigenvalue weighted by atomic mass is 16.8. The van der Waals surface area contributed by atoms with Crippen LogP contribution in [-0.4, -0.2) is 19.5 Å². The van der Waals surface area contributed by atoms with E-state index in [-0.39, 0.29) is 6.29 Å². The van der Waals surface area contributed by atoms with Crippen LogP contribution in [-0.2, 0) is 9.47 Å². The van der Waals surface area contributed by atoms with Crippen molar-refractivity contribution in [2.45, 2.75) is 25.6 Å². The van der Waals surface area contributed by atoms with E-state index >= 15 is 0 Å². The molecule has 1 aliphatic heterocycles. The molecule has 1 unspecified atom stereocenters. The SMILES string of the molecule is C#CCO[13CH]1[13CH2][13CH2]CCO1. The zero-order valence-electron chi connectivity index (χ0n) is 6.01. The Morgan fingerprint density at radius 2 is 2.50 bits per heavy atom. The molecule has 0 amide bonds. The molecule has 0 radical (unpaired) electrons. The van der Waals surface area contributed by atoms with Crippen LogP contribution in [0, 0.1) is 12.3 Å². The van der Waals surface area contributed by atoms with Crippen molar-refractivity contribution in [1.82, 2.24) is 0 Å². The number of hydrogen-bond acceptors (Lipinski definition) is 2. The molecule has 2 nitrogen and oxygen atoms in total. The van der Waals surface area contributed by atoms with Crippen LogP contribution < -0.4 is 0 Å². The van der Waals surface area contributed by atoms with E-state index < -0.39 is 0 Å². The molecule has 0 aromatic carbocycles. The first-order chi connectivity index (χ1) is 4.93. The topological polar surface area (TPSA) is 18.5 Å². The number of terminal acetylenes is 1. The van der Waals surface area contributed by atoms with Crippen LogP contribution in [0.3, 0.4) is 0 Å². The number of rotatable bonds is 2. The summed E-state index contributed by atoms with van der Waals surface area (Å²) >= 11 is 0. The molecule has 1 atom stereocenters. The van der Waals surface area contributed by atoms with Gasteiger partial charge in [-0.1, -0.05) is 5.92 Å². The van der Waals surface area contributed by atoms with Crippen molar-refractivity contribution in [2.75, 3.05) is 13.2 Å². The molecule has 1 saturated heterocycles. The summed E-state index contributed by atoms with van der Waals surface area (Å²) < 4.78 is 10.4. The van der Waals surface area contributed by atoms with E-state index in [0.717, 1.165) is 19.4 Å². The third kappa shape index (κ3) is 2.38. The Morgan fingerprint density at radius 3 is 3.10 bits per heavy atom. The maximum absolute atomic E-state index is 5.26. The Morgan fingerprint density at radius 1 is 1.60 bits per heavy atom. The molecule has 0 spiro atoms.